The number of thioether (sulfide) groups is 1. The maximum absolute atomic E-state index is 11.5. The molecule has 5 nitrogen and oxygen atoms in total. The van der Waals surface area contributed by atoms with Crippen molar-refractivity contribution in [2.75, 3.05) is 18.6 Å². The highest BCUT2D eigenvalue weighted by Crippen LogP contribution is 2.07. The number of carboxylic acids is 1. The zero-order valence-electron chi connectivity index (χ0n) is 11.4. The van der Waals surface area contributed by atoms with E-state index in [2.05, 4.69) is 5.32 Å². The third-order valence-electron chi connectivity index (χ3n) is 2.73. The maximum Gasteiger partial charge on any atom is 0.407 e. The summed E-state index contributed by atoms with van der Waals surface area (Å²) in [4.78, 5) is 22.5. The predicted octanol–water partition coefficient (Wildman–Crippen LogP) is 2.37. The molecule has 1 aromatic carbocycles. The second kappa shape index (κ2) is 9.25. The van der Waals surface area contributed by atoms with E-state index in [4.69, 9.17) is 9.84 Å². The Hall–Kier alpha value is -1.69. The average molecular weight is 297 g/mol. The fourth-order valence-electron chi connectivity index (χ4n) is 1.55. The maximum atomic E-state index is 11.5. The molecule has 110 valence electrons. The van der Waals surface area contributed by atoms with Crippen LogP contribution in [0.25, 0.3) is 0 Å². The summed E-state index contributed by atoms with van der Waals surface area (Å²) in [7, 11) is 0. The summed E-state index contributed by atoms with van der Waals surface area (Å²) < 4.78 is 5.01. The van der Waals surface area contributed by atoms with E-state index in [9.17, 15) is 9.59 Å². The van der Waals surface area contributed by atoms with Crippen molar-refractivity contribution in [3.8, 4) is 0 Å². The van der Waals surface area contributed by atoms with Gasteiger partial charge in [-0.1, -0.05) is 30.3 Å². The monoisotopic (exact) mass is 297 g/mol. The van der Waals surface area contributed by atoms with Gasteiger partial charge in [-0.25, -0.2) is 4.79 Å². The van der Waals surface area contributed by atoms with Crippen molar-refractivity contribution >= 4 is 23.8 Å². The molecule has 0 aliphatic heterocycles. The van der Waals surface area contributed by atoms with Gasteiger partial charge in [-0.2, -0.15) is 11.8 Å². The van der Waals surface area contributed by atoms with Gasteiger partial charge in [-0.15, -0.1) is 0 Å². The van der Waals surface area contributed by atoms with Gasteiger partial charge in [0.25, 0.3) is 0 Å². The highest BCUT2D eigenvalue weighted by Gasteiger charge is 2.18. The van der Waals surface area contributed by atoms with Crippen molar-refractivity contribution in [1.82, 2.24) is 5.32 Å². The van der Waals surface area contributed by atoms with Crippen LogP contribution in [0, 0.1) is 5.92 Å². The molecule has 1 rings (SSSR count). The first kappa shape index (κ1) is 16.4. The third kappa shape index (κ3) is 6.47. The van der Waals surface area contributed by atoms with Crippen LogP contribution in [0.4, 0.5) is 4.79 Å². The third-order valence-corrected chi connectivity index (χ3v) is 3.37. The number of carbonyl (C=O) groups is 2. The Morgan fingerprint density at radius 3 is 2.65 bits per heavy atom. The van der Waals surface area contributed by atoms with Crippen LogP contribution in [0.1, 0.15) is 12.0 Å². The van der Waals surface area contributed by atoms with Crippen molar-refractivity contribution in [1.29, 1.82) is 0 Å². The number of rotatable bonds is 8. The number of carbonyl (C=O) groups excluding carboxylic acids is 1. The molecule has 20 heavy (non-hydrogen) atoms. The molecule has 0 unspecified atom stereocenters. The lowest BCUT2D eigenvalue weighted by molar-refractivity contribution is -0.141. The molecular weight excluding hydrogens is 278 g/mol. The summed E-state index contributed by atoms with van der Waals surface area (Å²) >= 11 is 1.58. The van der Waals surface area contributed by atoms with Gasteiger partial charge < -0.3 is 15.2 Å². The van der Waals surface area contributed by atoms with E-state index in [1.54, 1.807) is 11.8 Å². The van der Waals surface area contributed by atoms with Crippen molar-refractivity contribution in [3.63, 3.8) is 0 Å². The van der Waals surface area contributed by atoms with Gasteiger partial charge in [-0.05, 0) is 24.0 Å². The SMILES string of the molecule is CSCC[C@@H](CNC(=O)OCc1ccccc1)C(=O)O. The molecule has 0 radical (unpaired) electrons. The number of carboxylic acid groups (broad SMARTS) is 1. The molecule has 0 fully saturated rings. The minimum atomic E-state index is -0.901. The minimum Gasteiger partial charge on any atom is -0.481 e. The molecule has 0 aromatic heterocycles. The molecule has 0 bridgehead atoms. The second-order valence-electron chi connectivity index (χ2n) is 4.26. The average Bonchev–Trinajstić information content (AvgIpc) is 2.46. The first-order chi connectivity index (χ1) is 9.63. The summed E-state index contributed by atoms with van der Waals surface area (Å²) in [6.45, 7) is 0.263. The Bertz CT molecular complexity index is 424. The van der Waals surface area contributed by atoms with Gasteiger partial charge in [0.15, 0.2) is 0 Å². The molecule has 0 saturated carbocycles. The van der Waals surface area contributed by atoms with Crippen molar-refractivity contribution < 1.29 is 19.4 Å². The van der Waals surface area contributed by atoms with E-state index in [0.717, 1.165) is 11.3 Å². The van der Waals surface area contributed by atoms with Crippen LogP contribution in [0.3, 0.4) is 0 Å². The van der Waals surface area contributed by atoms with Gasteiger partial charge in [0, 0.05) is 6.54 Å². The second-order valence-corrected chi connectivity index (χ2v) is 5.24. The highest BCUT2D eigenvalue weighted by atomic mass is 32.2. The lowest BCUT2D eigenvalue weighted by atomic mass is 10.1. The fourth-order valence-corrected chi connectivity index (χ4v) is 2.07. The lowest BCUT2D eigenvalue weighted by Gasteiger charge is -2.13. The summed E-state index contributed by atoms with van der Waals surface area (Å²) in [5, 5.41) is 11.5. The number of hydrogen-bond acceptors (Lipinski definition) is 4. The van der Waals surface area contributed by atoms with E-state index >= 15 is 0 Å². The van der Waals surface area contributed by atoms with E-state index in [1.807, 2.05) is 36.6 Å². The van der Waals surface area contributed by atoms with E-state index in [-0.39, 0.29) is 13.2 Å². The van der Waals surface area contributed by atoms with Gasteiger partial charge in [-0.3, -0.25) is 4.79 Å². The minimum absolute atomic E-state index is 0.0868. The Balaban J connectivity index is 2.29. The molecule has 0 saturated heterocycles. The number of hydrogen-bond donors (Lipinski definition) is 2. The Kier molecular flexibility index (Phi) is 7.57. The molecule has 0 aliphatic carbocycles. The van der Waals surface area contributed by atoms with Gasteiger partial charge in [0.2, 0.25) is 0 Å². The van der Waals surface area contributed by atoms with Crippen LogP contribution in [0.15, 0.2) is 30.3 Å². The number of nitrogens with one attached hydrogen (secondary N) is 1. The van der Waals surface area contributed by atoms with Gasteiger partial charge >= 0.3 is 12.1 Å². The van der Waals surface area contributed by atoms with Crippen LogP contribution in [0.5, 0.6) is 0 Å². The van der Waals surface area contributed by atoms with Crippen molar-refractivity contribution in [2.24, 2.45) is 5.92 Å². The number of alkyl carbamates (subject to hydrolysis) is 1. The molecule has 6 heteroatoms. The smallest absolute Gasteiger partial charge is 0.407 e. The largest absolute Gasteiger partial charge is 0.481 e. The quantitative estimate of drug-likeness (QED) is 0.770. The molecular formula is C14H19NO4S. The van der Waals surface area contributed by atoms with Gasteiger partial charge in [0.1, 0.15) is 6.61 Å². The summed E-state index contributed by atoms with van der Waals surface area (Å²) in [6, 6.07) is 9.31. The number of aliphatic carboxylic acids is 1. The van der Waals surface area contributed by atoms with E-state index < -0.39 is 18.0 Å². The van der Waals surface area contributed by atoms with Crippen LogP contribution >= 0.6 is 11.8 Å². The molecule has 0 heterocycles. The topological polar surface area (TPSA) is 75.6 Å². The molecule has 0 spiro atoms. The predicted molar refractivity (Wildman–Crippen MR) is 78.8 cm³/mol. The van der Waals surface area contributed by atoms with Crippen LogP contribution in [-0.2, 0) is 16.1 Å². The normalized spacial score (nSPS) is 11.7. The molecule has 1 atom stereocenters. The Labute approximate surface area is 122 Å². The van der Waals surface area contributed by atoms with Gasteiger partial charge in [0.05, 0.1) is 5.92 Å². The molecule has 0 aliphatic rings. The summed E-state index contributed by atoms with van der Waals surface area (Å²) in [5.41, 5.74) is 0.889. The van der Waals surface area contributed by atoms with Crippen LogP contribution in [-0.4, -0.2) is 35.7 Å². The first-order valence-electron chi connectivity index (χ1n) is 6.29. The summed E-state index contributed by atoms with van der Waals surface area (Å²) in [5.74, 6) is -0.730. The fraction of sp³-hybridized carbons (Fsp3) is 0.429. The first-order valence-corrected chi connectivity index (χ1v) is 7.69. The van der Waals surface area contributed by atoms with Crippen molar-refractivity contribution in [2.45, 2.75) is 13.0 Å². The Morgan fingerprint density at radius 2 is 2.05 bits per heavy atom. The Morgan fingerprint density at radius 1 is 1.35 bits per heavy atom. The highest BCUT2D eigenvalue weighted by molar-refractivity contribution is 7.98. The van der Waals surface area contributed by atoms with E-state index in [1.165, 1.54) is 0 Å². The van der Waals surface area contributed by atoms with Crippen molar-refractivity contribution in [3.05, 3.63) is 35.9 Å². The van der Waals surface area contributed by atoms with E-state index in [0.29, 0.717) is 6.42 Å². The zero-order valence-corrected chi connectivity index (χ0v) is 12.2. The number of amides is 1. The molecule has 1 amide bonds. The molecule has 1 aromatic rings. The van der Waals surface area contributed by atoms with Crippen LogP contribution < -0.4 is 5.32 Å². The number of ether oxygens (including phenoxy) is 1. The summed E-state index contributed by atoms with van der Waals surface area (Å²) in [6.07, 6.45) is 1.85. The standard InChI is InChI=1S/C14H19NO4S/c1-20-8-7-12(13(16)17)9-15-14(18)19-10-11-5-3-2-4-6-11/h2-6,12H,7-10H2,1H3,(H,15,18)(H,16,17)/t12-/m0/s1. The van der Waals surface area contributed by atoms with Crippen LogP contribution in [0.2, 0.25) is 0 Å². The molecule has 2 N–H and O–H groups in total. The number of benzene rings is 1. The lowest BCUT2D eigenvalue weighted by Crippen LogP contribution is -2.33. The zero-order chi connectivity index (χ0) is 14.8.